The van der Waals surface area contributed by atoms with Crippen molar-refractivity contribution >= 4 is 11.9 Å². The number of carbonyl (C=O) groups is 2. The van der Waals surface area contributed by atoms with Crippen molar-refractivity contribution in [1.29, 1.82) is 0 Å². The van der Waals surface area contributed by atoms with Gasteiger partial charge >= 0.3 is 5.97 Å². The van der Waals surface area contributed by atoms with Gasteiger partial charge in [-0.25, -0.2) is 0 Å². The summed E-state index contributed by atoms with van der Waals surface area (Å²) in [6.45, 7) is 8.07. The van der Waals surface area contributed by atoms with Crippen molar-refractivity contribution in [3.8, 4) is 11.5 Å². The molecule has 1 aromatic rings. The molecular formula is C17H23NO5. The fourth-order valence-electron chi connectivity index (χ4n) is 2.36. The van der Waals surface area contributed by atoms with Gasteiger partial charge in [-0.3, -0.25) is 9.59 Å². The van der Waals surface area contributed by atoms with Gasteiger partial charge < -0.3 is 19.5 Å². The lowest BCUT2D eigenvalue weighted by atomic mass is 10.0. The van der Waals surface area contributed by atoms with Crippen molar-refractivity contribution in [3.63, 3.8) is 0 Å². The van der Waals surface area contributed by atoms with Crippen LogP contribution in [0.1, 0.15) is 43.6 Å². The maximum absolute atomic E-state index is 12.4. The van der Waals surface area contributed by atoms with Crippen molar-refractivity contribution in [2.24, 2.45) is 0 Å². The zero-order chi connectivity index (χ0) is 17.0. The fraction of sp³-hybridized carbons (Fsp3) is 0.529. The normalized spacial score (nSPS) is 13.4. The number of hydrogen-bond acceptors (Lipinski definition) is 5. The van der Waals surface area contributed by atoms with Gasteiger partial charge in [-0.05, 0) is 39.3 Å². The molecule has 1 amide bonds. The average molecular weight is 321 g/mol. The molecular weight excluding hydrogens is 298 g/mol. The van der Waals surface area contributed by atoms with Crippen LogP contribution in [-0.4, -0.2) is 37.2 Å². The maximum atomic E-state index is 12.4. The molecule has 0 radical (unpaired) electrons. The number of amides is 1. The van der Waals surface area contributed by atoms with Crippen molar-refractivity contribution in [1.82, 2.24) is 5.32 Å². The van der Waals surface area contributed by atoms with Gasteiger partial charge in [-0.1, -0.05) is 6.92 Å². The molecule has 6 heteroatoms. The van der Waals surface area contributed by atoms with Gasteiger partial charge in [-0.2, -0.15) is 0 Å². The van der Waals surface area contributed by atoms with E-state index in [1.165, 1.54) is 0 Å². The molecule has 0 bridgehead atoms. The summed E-state index contributed by atoms with van der Waals surface area (Å²) >= 11 is 0. The van der Waals surface area contributed by atoms with Crippen LogP contribution >= 0.6 is 0 Å². The minimum absolute atomic E-state index is 0.173. The highest BCUT2D eigenvalue weighted by molar-refractivity contribution is 5.98. The van der Waals surface area contributed by atoms with E-state index in [4.69, 9.17) is 14.2 Å². The van der Waals surface area contributed by atoms with E-state index in [1.807, 2.05) is 6.92 Å². The molecule has 23 heavy (non-hydrogen) atoms. The van der Waals surface area contributed by atoms with E-state index < -0.39 is 11.6 Å². The summed E-state index contributed by atoms with van der Waals surface area (Å²) in [5.41, 5.74) is 0.692. The van der Waals surface area contributed by atoms with E-state index in [1.54, 1.807) is 32.9 Å². The van der Waals surface area contributed by atoms with Crippen LogP contribution < -0.4 is 14.8 Å². The van der Waals surface area contributed by atoms with E-state index in [0.717, 1.165) is 5.56 Å². The summed E-state index contributed by atoms with van der Waals surface area (Å²) in [5, 5.41) is 2.59. The first-order valence-electron chi connectivity index (χ1n) is 7.73. The number of hydrogen-bond donors (Lipinski definition) is 1. The van der Waals surface area contributed by atoms with Crippen LogP contribution in [0.4, 0.5) is 0 Å². The number of benzene rings is 1. The Bertz CT molecular complexity index is 604. The Hall–Kier alpha value is -2.24. The molecule has 6 nitrogen and oxygen atoms in total. The van der Waals surface area contributed by atoms with Crippen molar-refractivity contribution in [2.45, 2.75) is 39.7 Å². The molecule has 0 saturated heterocycles. The Kier molecular flexibility index (Phi) is 5.13. The van der Waals surface area contributed by atoms with E-state index in [0.29, 0.717) is 36.7 Å². The molecule has 0 aromatic heterocycles. The number of carbonyl (C=O) groups excluding carboxylic acids is 2. The summed E-state index contributed by atoms with van der Waals surface area (Å²) in [7, 11) is 0. The lowest BCUT2D eigenvalue weighted by molar-refractivity contribution is -0.153. The number of rotatable bonds is 4. The highest BCUT2D eigenvalue weighted by Gasteiger charge is 2.22. The highest BCUT2D eigenvalue weighted by Crippen LogP contribution is 2.36. The van der Waals surface area contributed by atoms with Crippen LogP contribution in [0.25, 0.3) is 0 Å². The first-order chi connectivity index (χ1) is 10.8. The van der Waals surface area contributed by atoms with Crippen LogP contribution in [-0.2, 0) is 16.0 Å². The van der Waals surface area contributed by atoms with Crippen LogP contribution in [0.3, 0.4) is 0 Å². The third-order valence-electron chi connectivity index (χ3n) is 3.22. The molecule has 0 spiro atoms. The van der Waals surface area contributed by atoms with Gasteiger partial charge in [0.1, 0.15) is 25.4 Å². The second-order valence-corrected chi connectivity index (χ2v) is 6.24. The van der Waals surface area contributed by atoms with Gasteiger partial charge in [0.25, 0.3) is 5.91 Å². The second-order valence-electron chi connectivity index (χ2n) is 6.24. The lowest BCUT2D eigenvalue weighted by Crippen LogP contribution is -2.35. The van der Waals surface area contributed by atoms with Gasteiger partial charge in [-0.15, -0.1) is 0 Å². The zero-order valence-corrected chi connectivity index (χ0v) is 14.0. The molecule has 1 heterocycles. The minimum Gasteiger partial charge on any atom is -0.486 e. The minimum atomic E-state index is -0.576. The van der Waals surface area contributed by atoms with Crippen LogP contribution in [0, 0.1) is 0 Å². The summed E-state index contributed by atoms with van der Waals surface area (Å²) in [5.74, 6) is 0.464. The van der Waals surface area contributed by atoms with E-state index in [9.17, 15) is 9.59 Å². The molecule has 1 aliphatic heterocycles. The Morgan fingerprint density at radius 1 is 1.22 bits per heavy atom. The molecule has 1 aromatic carbocycles. The SMILES string of the molecule is CCc1c(C(=O)NCC(=O)OC(C)(C)C)ccc2c1OCCO2. The van der Waals surface area contributed by atoms with Crippen molar-refractivity contribution in [2.75, 3.05) is 19.8 Å². The number of fused-ring (bicyclic) bond motifs is 1. The largest absolute Gasteiger partial charge is 0.486 e. The Morgan fingerprint density at radius 3 is 2.57 bits per heavy atom. The van der Waals surface area contributed by atoms with Gasteiger partial charge in [0.05, 0.1) is 0 Å². The predicted molar refractivity (Wildman–Crippen MR) is 85.0 cm³/mol. The molecule has 0 aliphatic carbocycles. The van der Waals surface area contributed by atoms with Gasteiger partial charge in [0, 0.05) is 11.1 Å². The average Bonchev–Trinajstić information content (AvgIpc) is 2.49. The Balaban J connectivity index is 2.09. The smallest absolute Gasteiger partial charge is 0.325 e. The topological polar surface area (TPSA) is 73.9 Å². The number of esters is 1. The Morgan fingerprint density at radius 2 is 1.91 bits per heavy atom. The molecule has 0 saturated carbocycles. The molecule has 1 aliphatic rings. The third-order valence-corrected chi connectivity index (χ3v) is 3.22. The first-order valence-corrected chi connectivity index (χ1v) is 7.73. The predicted octanol–water partition coefficient (Wildman–Crippen LogP) is 2.09. The quantitative estimate of drug-likeness (QED) is 0.860. The van der Waals surface area contributed by atoms with Gasteiger partial charge in [0.15, 0.2) is 11.5 Å². The fourth-order valence-corrected chi connectivity index (χ4v) is 2.36. The molecule has 2 rings (SSSR count). The Labute approximate surface area is 136 Å². The zero-order valence-electron chi connectivity index (χ0n) is 14.0. The van der Waals surface area contributed by atoms with E-state index >= 15 is 0 Å². The van der Waals surface area contributed by atoms with Crippen LogP contribution in [0.2, 0.25) is 0 Å². The highest BCUT2D eigenvalue weighted by atomic mass is 16.6. The maximum Gasteiger partial charge on any atom is 0.325 e. The van der Waals surface area contributed by atoms with E-state index in [2.05, 4.69) is 5.32 Å². The van der Waals surface area contributed by atoms with Gasteiger partial charge in [0.2, 0.25) is 0 Å². The molecule has 1 N–H and O–H groups in total. The molecule has 0 unspecified atom stereocenters. The molecule has 0 atom stereocenters. The van der Waals surface area contributed by atoms with E-state index in [-0.39, 0.29) is 12.5 Å². The summed E-state index contributed by atoms with van der Waals surface area (Å²) in [6, 6.07) is 3.41. The van der Waals surface area contributed by atoms with Crippen molar-refractivity contribution < 1.29 is 23.8 Å². The number of ether oxygens (including phenoxy) is 3. The molecule has 0 fully saturated rings. The molecule has 126 valence electrons. The summed E-state index contributed by atoms with van der Waals surface area (Å²) in [4.78, 5) is 24.1. The lowest BCUT2D eigenvalue weighted by Gasteiger charge is -2.22. The summed E-state index contributed by atoms with van der Waals surface area (Å²) in [6.07, 6.45) is 0.627. The standard InChI is InChI=1S/C17H23NO5/c1-5-11-12(6-7-13-15(11)22-9-8-21-13)16(20)18-10-14(19)23-17(2,3)4/h6-7H,5,8-10H2,1-4H3,(H,18,20). The second kappa shape index (κ2) is 6.89. The third kappa shape index (κ3) is 4.37. The number of nitrogens with one attached hydrogen (secondary N) is 1. The van der Waals surface area contributed by atoms with Crippen LogP contribution in [0.5, 0.6) is 11.5 Å². The monoisotopic (exact) mass is 321 g/mol. The van der Waals surface area contributed by atoms with Crippen molar-refractivity contribution in [3.05, 3.63) is 23.3 Å². The first kappa shape index (κ1) is 17.1. The summed E-state index contributed by atoms with van der Waals surface area (Å²) < 4.78 is 16.3. The van der Waals surface area contributed by atoms with Crippen LogP contribution in [0.15, 0.2) is 12.1 Å².